The lowest BCUT2D eigenvalue weighted by atomic mass is 9.82. The molecule has 3 aliphatic heterocycles. The Morgan fingerprint density at radius 3 is 2.28 bits per heavy atom. The van der Waals surface area contributed by atoms with Crippen LogP contribution < -0.4 is 0 Å². The smallest absolute Gasteiger partial charge is 0.211 e. The SMILES string of the molecule is CS(=O)(=O)N(CC1C(=O)C2CCN1CC2)C1CC1. The summed E-state index contributed by atoms with van der Waals surface area (Å²) in [5.74, 6) is 0.447. The first-order valence-corrected chi connectivity index (χ1v) is 8.56. The molecule has 3 heterocycles. The molecule has 3 saturated heterocycles. The van der Waals surface area contributed by atoms with E-state index in [-0.39, 0.29) is 23.8 Å². The van der Waals surface area contributed by atoms with Crippen molar-refractivity contribution in [3.05, 3.63) is 0 Å². The van der Waals surface area contributed by atoms with Crippen LogP contribution in [0.4, 0.5) is 0 Å². The molecule has 0 aromatic carbocycles. The third-order valence-electron chi connectivity index (χ3n) is 4.43. The first kappa shape index (κ1) is 12.6. The number of sulfonamides is 1. The van der Waals surface area contributed by atoms with Gasteiger partial charge in [-0.05, 0) is 38.8 Å². The van der Waals surface area contributed by atoms with Crippen molar-refractivity contribution in [3.8, 4) is 0 Å². The molecular weight excluding hydrogens is 252 g/mol. The summed E-state index contributed by atoms with van der Waals surface area (Å²) >= 11 is 0. The zero-order valence-corrected chi connectivity index (χ0v) is 11.5. The molecule has 1 unspecified atom stereocenters. The van der Waals surface area contributed by atoms with E-state index in [4.69, 9.17) is 0 Å². The van der Waals surface area contributed by atoms with Crippen molar-refractivity contribution in [2.24, 2.45) is 5.92 Å². The minimum absolute atomic E-state index is 0.148. The second kappa shape index (κ2) is 4.28. The van der Waals surface area contributed by atoms with Gasteiger partial charge in [0.1, 0.15) is 0 Å². The Kier molecular flexibility index (Phi) is 2.99. The fourth-order valence-electron chi connectivity index (χ4n) is 3.24. The molecule has 1 aliphatic carbocycles. The lowest BCUT2D eigenvalue weighted by molar-refractivity contribution is -0.137. The fraction of sp³-hybridized carbons (Fsp3) is 0.917. The molecule has 102 valence electrons. The van der Waals surface area contributed by atoms with Crippen molar-refractivity contribution < 1.29 is 13.2 Å². The van der Waals surface area contributed by atoms with Crippen LogP contribution >= 0.6 is 0 Å². The zero-order valence-electron chi connectivity index (χ0n) is 10.7. The van der Waals surface area contributed by atoms with Gasteiger partial charge in [-0.3, -0.25) is 9.69 Å². The maximum absolute atomic E-state index is 12.2. The summed E-state index contributed by atoms with van der Waals surface area (Å²) in [6.45, 7) is 2.27. The van der Waals surface area contributed by atoms with Crippen molar-refractivity contribution in [2.45, 2.75) is 37.8 Å². The van der Waals surface area contributed by atoms with Gasteiger partial charge >= 0.3 is 0 Å². The number of ketones is 1. The Balaban J connectivity index is 1.76. The molecule has 0 spiro atoms. The average molecular weight is 272 g/mol. The molecule has 4 aliphatic rings. The molecule has 18 heavy (non-hydrogen) atoms. The Morgan fingerprint density at radius 2 is 1.83 bits per heavy atom. The second-order valence-electron chi connectivity index (χ2n) is 5.79. The van der Waals surface area contributed by atoms with Crippen molar-refractivity contribution in [2.75, 3.05) is 25.9 Å². The van der Waals surface area contributed by atoms with Gasteiger partial charge in [0, 0.05) is 18.5 Å². The van der Waals surface area contributed by atoms with E-state index in [0.29, 0.717) is 6.54 Å². The summed E-state index contributed by atoms with van der Waals surface area (Å²) in [5.41, 5.74) is 0. The standard InChI is InChI=1S/C12H20N2O3S/c1-18(16,17)14(10-2-3-10)8-11-12(15)9-4-6-13(11)7-5-9/h9-11H,2-8H2,1H3. The first-order valence-electron chi connectivity index (χ1n) is 6.71. The van der Waals surface area contributed by atoms with E-state index in [1.54, 1.807) is 4.31 Å². The number of piperidine rings is 3. The van der Waals surface area contributed by atoms with Gasteiger partial charge in [0.2, 0.25) is 10.0 Å². The van der Waals surface area contributed by atoms with Crippen LogP contribution in [0.25, 0.3) is 0 Å². The highest BCUT2D eigenvalue weighted by atomic mass is 32.2. The molecule has 2 bridgehead atoms. The topological polar surface area (TPSA) is 57.7 Å². The van der Waals surface area contributed by atoms with E-state index >= 15 is 0 Å². The van der Waals surface area contributed by atoms with Crippen LogP contribution in [0, 0.1) is 5.92 Å². The minimum Gasteiger partial charge on any atom is -0.298 e. The number of carbonyl (C=O) groups is 1. The first-order chi connectivity index (χ1) is 8.47. The lowest BCUT2D eigenvalue weighted by Crippen LogP contribution is -2.59. The summed E-state index contributed by atoms with van der Waals surface area (Å²) in [4.78, 5) is 14.4. The molecule has 0 amide bonds. The van der Waals surface area contributed by atoms with Crippen molar-refractivity contribution >= 4 is 15.8 Å². The van der Waals surface area contributed by atoms with E-state index in [2.05, 4.69) is 4.90 Å². The van der Waals surface area contributed by atoms with Crippen LogP contribution in [-0.4, -0.2) is 61.4 Å². The third kappa shape index (κ3) is 2.21. The largest absolute Gasteiger partial charge is 0.298 e. The lowest BCUT2D eigenvalue weighted by Gasteiger charge is -2.45. The molecule has 4 rings (SSSR count). The zero-order chi connectivity index (χ0) is 12.9. The predicted octanol–water partition coefficient (Wildman–Crippen LogP) is 0.0737. The number of Topliss-reactive ketones (excluding diaryl/α,β-unsaturated/α-hetero) is 1. The molecule has 1 saturated carbocycles. The normalized spacial score (nSPS) is 36.3. The van der Waals surface area contributed by atoms with Crippen LogP contribution in [0.3, 0.4) is 0 Å². The Bertz CT molecular complexity index is 450. The minimum atomic E-state index is -3.19. The highest BCUT2D eigenvalue weighted by molar-refractivity contribution is 7.88. The number of hydrogen-bond acceptors (Lipinski definition) is 4. The molecule has 1 atom stereocenters. The van der Waals surface area contributed by atoms with Gasteiger partial charge in [-0.1, -0.05) is 0 Å². The molecule has 4 fully saturated rings. The second-order valence-corrected chi connectivity index (χ2v) is 7.73. The maximum Gasteiger partial charge on any atom is 0.211 e. The van der Waals surface area contributed by atoms with Crippen molar-refractivity contribution in [1.82, 2.24) is 9.21 Å². The summed E-state index contributed by atoms with van der Waals surface area (Å²) in [6, 6.07) is -0.0396. The molecule has 0 radical (unpaired) electrons. The van der Waals surface area contributed by atoms with Gasteiger partial charge in [-0.2, -0.15) is 4.31 Å². The van der Waals surface area contributed by atoms with Gasteiger partial charge in [0.15, 0.2) is 5.78 Å². The van der Waals surface area contributed by atoms with E-state index in [1.165, 1.54) is 6.26 Å². The summed E-state index contributed by atoms with van der Waals surface area (Å²) < 4.78 is 25.1. The molecule has 5 nitrogen and oxygen atoms in total. The van der Waals surface area contributed by atoms with Crippen LogP contribution in [0.1, 0.15) is 25.7 Å². The molecule has 6 heteroatoms. The van der Waals surface area contributed by atoms with E-state index in [9.17, 15) is 13.2 Å². The molecule has 0 aromatic heterocycles. The van der Waals surface area contributed by atoms with Gasteiger partial charge < -0.3 is 0 Å². The van der Waals surface area contributed by atoms with Gasteiger partial charge in [0.05, 0.1) is 12.3 Å². The van der Waals surface area contributed by atoms with Gasteiger partial charge in [-0.15, -0.1) is 0 Å². The number of nitrogens with zero attached hydrogens (tertiary/aromatic N) is 2. The van der Waals surface area contributed by atoms with Crippen molar-refractivity contribution in [3.63, 3.8) is 0 Å². The summed E-state index contributed by atoms with van der Waals surface area (Å²) in [6.07, 6.45) is 5.05. The Hall–Kier alpha value is -0.460. The van der Waals surface area contributed by atoms with Gasteiger partial charge in [0.25, 0.3) is 0 Å². The van der Waals surface area contributed by atoms with Crippen LogP contribution in [-0.2, 0) is 14.8 Å². The van der Waals surface area contributed by atoms with E-state index in [1.807, 2.05) is 0 Å². The monoisotopic (exact) mass is 272 g/mol. The molecular formula is C12H20N2O3S. The number of hydrogen-bond donors (Lipinski definition) is 0. The average Bonchev–Trinajstić information content (AvgIpc) is 3.12. The fourth-order valence-corrected chi connectivity index (χ4v) is 4.41. The van der Waals surface area contributed by atoms with Gasteiger partial charge in [-0.25, -0.2) is 8.42 Å². The number of rotatable bonds is 4. The van der Waals surface area contributed by atoms with E-state index in [0.717, 1.165) is 38.8 Å². The Labute approximate surface area is 108 Å². The molecule has 0 N–H and O–H groups in total. The predicted molar refractivity (Wildman–Crippen MR) is 67.7 cm³/mol. The maximum atomic E-state index is 12.2. The highest BCUT2D eigenvalue weighted by Crippen LogP contribution is 2.33. The quantitative estimate of drug-likeness (QED) is 0.727. The summed E-state index contributed by atoms with van der Waals surface area (Å²) in [5, 5.41) is 0. The van der Waals surface area contributed by atoms with Crippen LogP contribution in [0.15, 0.2) is 0 Å². The summed E-state index contributed by atoms with van der Waals surface area (Å²) in [7, 11) is -3.19. The van der Waals surface area contributed by atoms with Crippen LogP contribution in [0.5, 0.6) is 0 Å². The highest BCUT2D eigenvalue weighted by Gasteiger charge is 2.45. The van der Waals surface area contributed by atoms with E-state index < -0.39 is 10.0 Å². The Morgan fingerprint density at radius 1 is 1.22 bits per heavy atom. The van der Waals surface area contributed by atoms with Crippen LogP contribution in [0.2, 0.25) is 0 Å². The van der Waals surface area contributed by atoms with Crippen molar-refractivity contribution in [1.29, 1.82) is 0 Å². The number of fused-ring (bicyclic) bond motifs is 3. The third-order valence-corrected chi connectivity index (χ3v) is 5.73. The molecule has 0 aromatic rings. The number of carbonyl (C=O) groups excluding carboxylic acids is 1.